The zero-order chi connectivity index (χ0) is 15.8. The molecular weight excluding hydrogens is 314 g/mol. The number of anilines is 1. The van der Waals surface area contributed by atoms with Crippen molar-refractivity contribution in [3.63, 3.8) is 0 Å². The Balaban J connectivity index is 1.60. The van der Waals surface area contributed by atoms with E-state index in [-0.39, 0.29) is 5.92 Å². The van der Waals surface area contributed by atoms with Crippen molar-refractivity contribution in [2.24, 2.45) is 0 Å². The molecule has 3 aromatic heterocycles. The van der Waals surface area contributed by atoms with E-state index in [1.54, 1.807) is 6.92 Å². The maximum Gasteiger partial charge on any atom is 0.240 e. The molecule has 0 amide bonds. The van der Waals surface area contributed by atoms with Crippen LogP contribution in [0, 0.1) is 18.3 Å². The van der Waals surface area contributed by atoms with Gasteiger partial charge in [-0.2, -0.15) is 15.2 Å². The third-order valence-electron chi connectivity index (χ3n) is 3.82. The fraction of sp³-hybridized carbons (Fsp3) is 0.333. The second-order valence-electron chi connectivity index (χ2n) is 5.37. The lowest BCUT2D eigenvalue weighted by Gasteiger charge is -2.13. The van der Waals surface area contributed by atoms with E-state index in [1.165, 1.54) is 11.3 Å². The Morgan fingerprint density at radius 3 is 3.04 bits per heavy atom. The number of nitriles is 1. The number of oxazole rings is 1. The lowest BCUT2D eigenvalue weighted by Crippen LogP contribution is -2.19. The topological polar surface area (TPSA) is 92.0 Å². The van der Waals surface area contributed by atoms with Crippen LogP contribution in [-0.4, -0.2) is 28.2 Å². The molecule has 0 aliphatic carbocycles. The SMILES string of the molecule is Cc1noc(C2CCN(c3oc(-c4cccs4)nc3C#N)C2)n1. The van der Waals surface area contributed by atoms with Crippen LogP contribution in [0.2, 0.25) is 0 Å². The molecule has 1 aliphatic rings. The molecule has 3 aromatic rings. The van der Waals surface area contributed by atoms with Gasteiger partial charge in [0.1, 0.15) is 6.07 Å². The van der Waals surface area contributed by atoms with Gasteiger partial charge in [0.15, 0.2) is 5.82 Å². The molecule has 4 heterocycles. The summed E-state index contributed by atoms with van der Waals surface area (Å²) in [4.78, 5) is 11.5. The zero-order valence-corrected chi connectivity index (χ0v) is 13.2. The molecule has 0 saturated carbocycles. The Labute approximate surface area is 136 Å². The summed E-state index contributed by atoms with van der Waals surface area (Å²) in [6, 6.07) is 5.98. The van der Waals surface area contributed by atoms with E-state index >= 15 is 0 Å². The normalized spacial score (nSPS) is 17.6. The maximum absolute atomic E-state index is 9.34. The van der Waals surface area contributed by atoms with Crippen LogP contribution in [-0.2, 0) is 0 Å². The summed E-state index contributed by atoms with van der Waals surface area (Å²) < 4.78 is 11.1. The molecule has 4 rings (SSSR count). The third kappa shape index (κ3) is 2.49. The molecule has 1 saturated heterocycles. The Kier molecular flexibility index (Phi) is 3.35. The average molecular weight is 327 g/mol. The molecule has 0 spiro atoms. The predicted molar refractivity (Wildman–Crippen MR) is 83.1 cm³/mol. The second kappa shape index (κ2) is 5.52. The number of rotatable bonds is 3. The zero-order valence-electron chi connectivity index (χ0n) is 12.4. The molecule has 0 aromatic carbocycles. The summed E-state index contributed by atoms with van der Waals surface area (Å²) >= 11 is 1.53. The molecule has 116 valence electrons. The minimum atomic E-state index is 0.151. The van der Waals surface area contributed by atoms with Gasteiger partial charge in [-0.15, -0.1) is 11.3 Å². The first kappa shape index (κ1) is 14.0. The van der Waals surface area contributed by atoms with Crippen LogP contribution in [0.5, 0.6) is 0 Å². The third-order valence-corrected chi connectivity index (χ3v) is 4.67. The Bertz CT molecular complexity index is 861. The lowest BCUT2D eigenvalue weighted by molar-refractivity contribution is 0.356. The first-order valence-electron chi connectivity index (χ1n) is 7.24. The summed E-state index contributed by atoms with van der Waals surface area (Å²) in [5.41, 5.74) is 0.316. The Morgan fingerprint density at radius 1 is 1.43 bits per heavy atom. The Morgan fingerprint density at radius 2 is 2.35 bits per heavy atom. The van der Waals surface area contributed by atoms with Crippen molar-refractivity contribution in [3.05, 3.63) is 34.9 Å². The standard InChI is InChI=1S/C15H13N5O2S/c1-9-17-13(22-19-9)10-4-5-20(8-10)15-11(7-16)18-14(21-15)12-3-2-6-23-12/h2-3,6,10H,4-5,8H2,1H3. The number of aromatic nitrogens is 3. The van der Waals surface area contributed by atoms with E-state index in [1.807, 2.05) is 22.4 Å². The summed E-state index contributed by atoms with van der Waals surface area (Å²) in [6.45, 7) is 3.24. The van der Waals surface area contributed by atoms with Gasteiger partial charge in [-0.05, 0) is 24.8 Å². The second-order valence-corrected chi connectivity index (χ2v) is 6.32. The molecule has 1 unspecified atom stereocenters. The largest absolute Gasteiger partial charge is 0.418 e. The van der Waals surface area contributed by atoms with Crippen LogP contribution >= 0.6 is 11.3 Å². The van der Waals surface area contributed by atoms with Gasteiger partial charge >= 0.3 is 0 Å². The van der Waals surface area contributed by atoms with Crippen LogP contribution in [0.25, 0.3) is 10.8 Å². The molecule has 0 N–H and O–H groups in total. The lowest BCUT2D eigenvalue weighted by atomic mass is 10.1. The molecule has 1 atom stereocenters. The van der Waals surface area contributed by atoms with Crippen LogP contribution in [0.3, 0.4) is 0 Å². The quantitative estimate of drug-likeness (QED) is 0.730. The van der Waals surface area contributed by atoms with Crippen LogP contribution in [0.15, 0.2) is 26.5 Å². The van der Waals surface area contributed by atoms with E-state index in [0.29, 0.717) is 35.7 Å². The smallest absolute Gasteiger partial charge is 0.240 e. The number of hydrogen-bond acceptors (Lipinski definition) is 8. The highest BCUT2D eigenvalue weighted by Crippen LogP contribution is 2.35. The van der Waals surface area contributed by atoms with Gasteiger partial charge in [-0.3, -0.25) is 0 Å². The fourth-order valence-corrected chi connectivity index (χ4v) is 3.38. The number of thiophene rings is 1. The minimum absolute atomic E-state index is 0.151. The molecule has 1 aliphatic heterocycles. The summed E-state index contributed by atoms with van der Waals surface area (Å²) in [5.74, 6) is 2.44. The van der Waals surface area contributed by atoms with Crippen molar-refractivity contribution in [1.29, 1.82) is 5.26 Å². The molecule has 7 nitrogen and oxygen atoms in total. The molecular formula is C15H13N5O2S. The van der Waals surface area contributed by atoms with Crippen LogP contribution in [0.4, 0.5) is 5.88 Å². The number of hydrogen-bond donors (Lipinski definition) is 0. The molecule has 0 radical (unpaired) electrons. The van der Waals surface area contributed by atoms with Crippen molar-refractivity contribution < 1.29 is 8.94 Å². The molecule has 1 fully saturated rings. The maximum atomic E-state index is 9.34. The van der Waals surface area contributed by atoms with Crippen molar-refractivity contribution in [3.8, 4) is 16.8 Å². The fourth-order valence-electron chi connectivity index (χ4n) is 2.73. The Hall–Kier alpha value is -2.66. The van der Waals surface area contributed by atoms with Gasteiger partial charge in [0.05, 0.1) is 10.8 Å². The van der Waals surface area contributed by atoms with Crippen molar-refractivity contribution in [2.75, 3.05) is 18.0 Å². The summed E-state index contributed by atoms with van der Waals surface area (Å²) in [6.07, 6.45) is 0.877. The van der Waals surface area contributed by atoms with E-state index in [2.05, 4.69) is 21.2 Å². The first-order valence-corrected chi connectivity index (χ1v) is 8.12. The highest BCUT2D eigenvalue weighted by molar-refractivity contribution is 7.13. The van der Waals surface area contributed by atoms with Gasteiger partial charge in [0.2, 0.25) is 23.4 Å². The summed E-state index contributed by atoms with van der Waals surface area (Å²) in [5, 5.41) is 15.1. The molecule has 0 bridgehead atoms. The monoisotopic (exact) mass is 327 g/mol. The first-order chi connectivity index (χ1) is 11.2. The van der Waals surface area contributed by atoms with E-state index in [4.69, 9.17) is 8.94 Å². The van der Waals surface area contributed by atoms with Gasteiger partial charge in [-0.25, -0.2) is 0 Å². The molecule has 8 heteroatoms. The summed E-state index contributed by atoms with van der Waals surface area (Å²) in [7, 11) is 0. The number of aryl methyl sites for hydroxylation is 1. The van der Waals surface area contributed by atoms with E-state index in [9.17, 15) is 5.26 Å². The van der Waals surface area contributed by atoms with Crippen LogP contribution < -0.4 is 4.90 Å². The van der Waals surface area contributed by atoms with Gasteiger partial charge < -0.3 is 13.8 Å². The van der Waals surface area contributed by atoms with Crippen molar-refractivity contribution in [2.45, 2.75) is 19.3 Å². The van der Waals surface area contributed by atoms with E-state index in [0.717, 1.165) is 17.8 Å². The molecule has 23 heavy (non-hydrogen) atoms. The van der Waals surface area contributed by atoms with Crippen LogP contribution in [0.1, 0.15) is 29.7 Å². The van der Waals surface area contributed by atoms with Crippen molar-refractivity contribution >= 4 is 17.2 Å². The van der Waals surface area contributed by atoms with Gasteiger partial charge in [0, 0.05) is 13.1 Å². The van der Waals surface area contributed by atoms with Gasteiger partial charge in [0.25, 0.3) is 0 Å². The average Bonchev–Trinajstić information content (AvgIpc) is 3.31. The van der Waals surface area contributed by atoms with Crippen molar-refractivity contribution in [1.82, 2.24) is 15.1 Å². The van der Waals surface area contributed by atoms with E-state index < -0.39 is 0 Å². The predicted octanol–water partition coefficient (Wildman–Crippen LogP) is 2.96. The minimum Gasteiger partial charge on any atom is -0.418 e. The number of nitrogens with zero attached hydrogens (tertiary/aromatic N) is 5. The highest BCUT2D eigenvalue weighted by atomic mass is 32.1. The highest BCUT2D eigenvalue weighted by Gasteiger charge is 2.32. The van der Waals surface area contributed by atoms with Gasteiger partial charge in [-0.1, -0.05) is 11.2 Å².